The number of ether oxygens (including phenoxy) is 1. The molecule has 0 spiro atoms. The Kier molecular flexibility index (Phi) is 4.76. The maximum absolute atomic E-state index is 13.5. The number of H-pyrrole nitrogens is 1. The van der Waals surface area contributed by atoms with Gasteiger partial charge >= 0.3 is 0 Å². The number of nitrogens with zero attached hydrogens (tertiary/aromatic N) is 2. The maximum Gasteiger partial charge on any atom is 0.255 e. The molecule has 3 aromatic rings. The number of anilines is 1. The zero-order valence-corrected chi connectivity index (χ0v) is 17.1. The van der Waals surface area contributed by atoms with Gasteiger partial charge in [0.25, 0.3) is 5.91 Å². The number of benzene rings is 2. The second kappa shape index (κ2) is 7.48. The highest BCUT2D eigenvalue weighted by Crippen LogP contribution is 2.42. The third kappa shape index (κ3) is 3.58. The molecule has 1 saturated carbocycles. The standard InChI is InChI=1S/C24H23F2N3O2/c1-31-21-13-22(30)29(18-6-7-19-20(12-18)28-14-27-19)23(21)17-4-2-15(3-5-17)16-8-10-24(25,26)11-9-16/h2-7,12-14,16,23H,8-11H2,1H3,(H,27,28). The van der Waals surface area contributed by atoms with Crippen LogP contribution in [0, 0.1) is 0 Å². The van der Waals surface area contributed by atoms with Crippen molar-refractivity contribution in [2.75, 3.05) is 12.0 Å². The van der Waals surface area contributed by atoms with Crippen LogP contribution in [0.15, 0.2) is 60.6 Å². The zero-order chi connectivity index (χ0) is 21.6. The van der Waals surface area contributed by atoms with Gasteiger partial charge in [-0.05, 0) is 48.1 Å². The molecule has 0 saturated heterocycles. The van der Waals surface area contributed by atoms with E-state index >= 15 is 0 Å². The first-order valence-corrected chi connectivity index (χ1v) is 10.4. The number of aromatic nitrogens is 2. The van der Waals surface area contributed by atoms with E-state index in [2.05, 4.69) is 9.97 Å². The lowest BCUT2D eigenvalue weighted by atomic mass is 9.82. The highest BCUT2D eigenvalue weighted by molar-refractivity contribution is 6.06. The number of carbonyl (C=O) groups excluding carboxylic acids is 1. The van der Waals surface area contributed by atoms with Crippen LogP contribution in [0.3, 0.4) is 0 Å². The molecule has 31 heavy (non-hydrogen) atoms. The van der Waals surface area contributed by atoms with Crippen LogP contribution in [0.4, 0.5) is 14.5 Å². The maximum atomic E-state index is 13.5. The van der Waals surface area contributed by atoms with E-state index in [9.17, 15) is 13.6 Å². The number of nitrogens with one attached hydrogen (secondary N) is 1. The highest BCUT2D eigenvalue weighted by Gasteiger charge is 2.37. The first-order valence-electron chi connectivity index (χ1n) is 10.4. The lowest BCUT2D eigenvalue weighted by Gasteiger charge is -2.29. The second-order valence-electron chi connectivity index (χ2n) is 8.26. The Morgan fingerprint density at radius 3 is 2.52 bits per heavy atom. The second-order valence-corrected chi connectivity index (χ2v) is 8.26. The molecule has 1 amide bonds. The first-order chi connectivity index (χ1) is 14.9. The number of hydrogen-bond donors (Lipinski definition) is 1. The SMILES string of the molecule is COC1=CC(=O)N(c2ccc3[nH]cnc3c2)C1c1ccc(C2CCC(F)(F)CC2)cc1. The minimum Gasteiger partial charge on any atom is -0.498 e. The Morgan fingerprint density at radius 1 is 1.10 bits per heavy atom. The number of rotatable bonds is 4. The number of imidazole rings is 1. The Labute approximate surface area is 178 Å². The molecule has 5 nitrogen and oxygen atoms in total. The van der Waals surface area contributed by atoms with E-state index in [0.29, 0.717) is 18.6 Å². The van der Waals surface area contributed by atoms with Crippen LogP contribution in [0.25, 0.3) is 11.0 Å². The van der Waals surface area contributed by atoms with Gasteiger partial charge in [-0.1, -0.05) is 24.3 Å². The van der Waals surface area contributed by atoms with Gasteiger partial charge in [0.2, 0.25) is 5.92 Å². The number of carbonyl (C=O) groups is 1. The summed E-state index contributed by atoms with van der Waals surface area (Å²) in [7, 11) is 1.56. The number of halogens is 2. The smallest absolute Gasteiger partial charge is 0.255 e. The molecule has 0 radical (unpaired) electrons. The summed E-state index contributed by atoms with van der Waals surface area (Å²) in [4.78, 5) is 21.9. The number of hydrogen-bond acceptors (Lipinski definition) is 3. The van der Waals surface area contributed by atoms with Crippen LogP contribution in [-0.2, 0) is 9.53 Å². The summed E-state index contributed by atoms with van der Waals surface area (Å²) < 4.78 is 32.5. The molecule has 1 unspecified atom stereocenters. The average molecular weight is 423 g/mol. The molecule has 0 bridgehead atoms. The van der Waals surface area contributed by atoms with Crippen LogP contribution >= 0.6 is 0 Å². The summed E-state index contributed by atoms with van der Waals surface area (Å²) in [6.45, 7) is 0. The fourth-order valence-electron chi connectivity index (χ4n) is 4.68. The quantitative estimate of drug-likeness (QED) is 0.605. The molecule has 1 atom stereocenters. The topological polar surface area (TPSA) is 58.2 Å². The van der Waals surface area contributed by atoms with Crippen molar-refractivity contribution >= 4 is 22.6 Å². The van der Waals surface area contributed by atoms with Gasteiger partial charge in [-0.15, -0.1) is 0 Å². The first kappa shape index (κ1) is 19.7. The van der Waals surface area contributed by atoms with Crippen molar-refractivity contribution in [1.82, 2.24) is 9.97 Å². The Balaban J connectivity index is 1.44. The fourth-order valence-corrected chi connectivity index (χ4v) is 4.68. The summed E-state index contributed by atoms with van der Waals surface area (Å²) in [5, 5.41) is 0. The molecule has 2 aromatic carbocycles. The largest absolute Gasteiger partial charge is 0.498 e. The highest BCUT2D eigenvalue weighted by atomic mass is 19.3. The summed E-state index contributed by atoms with van der Waals surface area (Å²) >= 11 is 0. The van der Waals surface area contributed by atoms with Crippen molar-refractivity contribution in [2.24, 2.45) is 0 Å². The van der Waals surface area contributed by atoms with Gasteiger partial charge in [0, 0.05) is 24.6 Å². The van der Waals surface area contributed by atoms with Crippen LogP contribution in [0.5, 0.6) is 0 Å². The summed E-state index contributed by atoms with van der Waals surface area (Å²) in [5.74, 6) is -1.98. The predicted molar refractivity (Wildman–Crippen MR) is 114 cm³/mol. The van der Waals surface area contributed by atoms with E-state index < -0.39 is 12.0 Å². The molecule has 1 N–H and O–H groups in total. The molecule has 1 fully saturated rings. The molecule has 2 aliphatic rings. The van der Waals surface area contributed by atoms with Crippen LogP contribution in [-0.4, -0.2) is 28.9 Å². The summed E-state index contributed by atoms with van der Waals surface area (Å²) in [6.07, 6.45) is 4.00. The predicted octanol–water partition coefficient (Wildman–Crippen LogP) is 5.47. The van der Waals surface area contributed by atoms with E-state index in [4.69, 9.17) is 4.74 Å². The number of aromatic amines is 1. The van der Waals surface area contributed by atoms with Crippen molar-refractivity contribution in [1.29, 1.82) is 0 Å². The van der Waals surface area contributed by atoms with Gasteiger partial charge in [0.1, 0.15) is 11.8 Å². The average Bonchev–Trinajstić information content (AvgIpc) is 3.37. The van der Waals surface area contributed by atoms with Crippen LogP contribution < -0.4 is 4.90 Å². The Hall–Kier alpha value is -3.22. The normalized spacial score (nSPS) is 21.5. The van der Waals surface area contributed by atoms with Gasteiger partial charge in [-0.2, -0.15) is 0 Å². The van der Waals surface area contributed by atoms with E-state index in [0.717, 1.165) is 27.8 Å². The lowest BCUT2D eigenvalue weighted by molar-refractivity contribution is -0.113. The molecular formula is C24H23F2N3O2. The van der Waals surface area contributed by atoms with Gasteiger partial charge in [-0.3, -0.25) is 9.69 Å². The minimum absolute atomic E-state index is 0.0590. The third-order valence-electron chi connectivity index (χ3n) is 6.39. The third-order valence-corrected chi connectivity index (χ3v) is 6.39. The number of amides is 1. The molecule has 2 heterocycles. The molecule has 160 valence electrons. The number of methoxy groups -OCH3 is 1. The van der Waals surface area contributed by atoms with Crippen molar-refractivity contribution in [3.05, 3.63) is 71.8 Å². The number of fused-ring (bicyclic) bond motifs is 1. The molecule has 1 aromatic heterocycles. The minimum atomic E-state index is -2.53. The van der Waals surface area contributed by atoms with Gasteiger partial charge in [-0.25, -0.2) is 13.8 Å². The van der Waals surface area contributed by atoms with Crippen molar-refractivity contribution in [2.45, 2.75) is 43.6 Å². The van der Waals surface area contributed by atoms with Gasteiger partial charge in [0.15, 0.2) is 0 Å². The lowest BCUT2D eigenvalue weighted by Crippen LogP contribution is -2.29. The monoisotopic (exact) mass is 423 g/mol. The van der Waals surface area contributed by atoms with Crippen molar-refractivity contribution in [3.8, 4) is 0 Å². The van der Waals surface area contributed by atoms with Gasteiger partial charge in [0.05, 0.1) is 24.5 Å². The molecule has 1 aliphatic carbocycles. The van der Waals surface area contributed by atoms with E-state index in [-0.39, 0.29) is 24.7 Å². The molecule has 7 heteroatoms. The Bertz CT molecular complexity index is 1140. The van der Waals surface area contributed by atoms with Crippen molar-refractivity contribution in [3.63, 3.8) is 0 Å². The van der Waals surface area contributed by atoms with Gasteiger partial charge < -0.3 is 9.72 Å². The molecule has 1 aliphatic heterocycles. The fraction of sp³-hybridized carbons (Fsp3) is 0.333. The van der Waals surface area contributed by atoms with Crippen LogP contribution in [0.2, 0.25) is 0 Å². The zero-order valence-electron chi connectivity index (χ0n) is 17.1. The number of alkyl halides is 2. The van der Waals surface area contributed by atoms with Crippen molar-refractivity contribution < 1.29 is 18.3 Å². The Morgan fingerprint density at radius 2 is 1.81 bits per heavy atom. The van der Waals surface area contributed by atoms with Crippen LogP contribution in [0.1, 0.15) is 48.8 Å². The van der Waals surface area contributed by atoms with E-state index in [1.165, 1.54) is 6.08 Å². The molecule has 5 rings (SSSR count). The van der Waals surface area contributed by atoms with E-state index in [1.54, 1.807) is 18.3 Å². The van der Waals surface area contributed by atoms with E-state index in [1.807, 2.05) is 42.5 Å². The summed E-state index contributed by atoms with van der Waals surface area (Å²) in [5.41, 5.74) is 4.38. The molecular weight excluding hydrogens is 400 g/mol. The summed E-state index contributed by atoms with van der Waals surface area (Å²) in [6, 6.07) is 13.2.